The highest BCUT2D eigenvalue weighted by molar-refractivity contribution is 5.81. The highest BCUT2D eigenvalue weighted by Gasteiger charge is 2.35. The number of hydrogen-bond donors (Lipinski definition) is 2. The van der Waals surface area contributed by atoms with Gasteiger partial charge in [0.2, 0.25) is 5.91 Å². The molecule has 7 heteroatoms. The maximum absolute atomic E-state index is 13.9. The molecule has 2 N–H and O–H groups in total. The van der Waals surface area contributed by atoms with Gasteiger partial charge in [-0.2, -0.15) is 0 Å². The lowest BCUT2D eigenvalue weighted by Gasteiger charge is -2.39. The summed E-state index contributed by atoms with van der Waals surface area (Å²) in [4.78, 5) is 27.8. The zero-order valence-corrected chi connectivity index (χ0v) is 19.6. The number of aryl methyl sites for hydroxylation is 1. The first-order valence-electron chi connectivity index (χ1n) is 11.8. The number of carbonyl (C=O) groups is 2. The van der Waals surface area contributed by atoms with Crippen LogP contribution < -0.4 is 10.6 Å². The van der Waals surface area contributed by atoms with Crippen LogP contribution in [0.4, 0.5) is 13.6 Å². The van der Waals surface area contributed by atoms with Crippen LogP contribution in [0.15, 0.2) is 72.8 Å². The molecule has 2 unspecified atom stereocenters. The highest BCUT2D eigenvalue weighted by atomic mass is 19.1. The van der Waals surface area contributed by atoms with Crippen molar-refractivity contribution in [3.05, 3.63) is 107 Å². The Morgan fingerprint density at radius 2 is 1.63 bits per heavy atom. The number of rotatable bonds is 6. The number of hydrogen-bond acceptors (Lipinski definition) is 2. The van der Waals surface area contributed by atoms with Crippen LogP contribution in [0.1, 0.15) is 41.1 Å². The molecule has 0 aromatic heterocycles. The summed E-state index contributed by atoms with van der Waals surface area (Å²) in [5.41, 5.74) is 2.72. The minimum Gasteiger partial charge on any atom is -0.352 e. The second kappa shape index (κ2) is 11.1. The van der Waals surface area contributed by atoms with Crippen LogP contribution in [0.25, 0.3) is 0 Å². The Morgan fingerprint density at radius 1 is 0.886 bits per heavy atom. The van der Waals surface area contributed by atoms with Crippen LogP contribution in [0.5, 0.6) is 0 Å². The molecule has 1 saturated heterocycles. The molecule has 35 heavy (non-hydrogen) atoms. The van der Waals surface area contributed by atoms with Gasteiger partial charge in [-0.3, -0.25) is 4.79 Å². The van der Waals surface area contributed by atoms with Crippen molar-refractivity contribution >= 4 is 11.9 Å². The Hall–Kier alpha value is -3.74. The van der Waals surface area contributed by atoms with Gasteiger partial charge in [-0.25, -0.2) is 13.6 Å². The first kappa shape index (κ1) is 24.4. The summed E-state index contributed by atoms with van der Waals surface area (Å²) >= 11 is 0. The number of amides is 3. The zero-order valence-electron chi connectivity index (χ0n) is 19.6. The van der Waals surface area contributed by atoms with E-state index in [0.717, 1.165) is 11.1 Å². The molecule has 3 aromatic rings. The minimum atomic E-state index is -0.429. The second-order valence-corrected chi connectivity index (χ2v) is 8.90. The van der Waals surface area contributed by atoms with E-state index < -0.39 is 5.92 Å². The highest BCUT2D eigenvalue weighted by Crippen LogP contribution is 2.34. The topological polar surface area (TPSA) is 61.4 Å². The predicted octanol–water partition coefficient (Wildman–Crippen LogP) is 5.25. The lowest BCUT2D eigenvalue weighted by atomic mass is 9.88. The smallest absolute Gasteiger partial charge is 0.318 e. The van der Waals surface area contributed by atoms with Crippen molar-refractivity contribution in [3.63, 3.8) is 0 Å². The molecular formula is C28H29F2N3O2. The summed E-state index contributed by atoms with van der Waals surface area (Å²) in [6.45, 7) is 2.35. The van der Waals surface area contributed by atoms with Crippen LogP contribution in [-0.2, 0) is 17.9 Å². The molecular weight excluding hydrogens is 448 g/mol. The molecule has 4 rings (SSSR count). The first-order chi connectivity index (χ1) is 16.9. The van der Waals surface area contributed by atoms with Gasteiger partial charge in [0.25, 0.3) is 0 Å². The number of nitrogens with one attached hydrogen (secondary N) is 2. The van der Waals surface area contributed by atoms with E-state index in [2.05, 4.69) is 10.6 Å². The van der Waals surface area contributed by atoms with Crippen molar-refractivity contribution < 1.29 is 18.4 Å². The Kier molecular flexibility index (Phi) is 7.75. The van der Waals surface area contributed by atoms with Gasteiger partial charge in [0, 0.05) is 25.2 Å². The van der Waals surface area contributed by atoms with Gasteiger partial charge in [-0.1, -0.05) is 60.7 Å². The van der Waals surface area contributed by atoms with E-state index in [9.17, 15) is 18.4 Å². The number of nitrogens with zero attached hydrogens (tertiary/aromatic N) is 1. The van der Waals surface area contributed by atoms with Crippen molar-refractivity contribution in [3.8, 4) is 0 Å². The van der Waals surface area contributed by atoms with E-state index in [1.807, 2.05) is 30.3 Å². The second-order valence-electron chi connectivity index (χ2n) is 8.90. The number of carbonyl (C=O) groups excluding carboxylic acids is 2. The normalized spacial score (nSPS) is 17.6. The fraction of sp³-hybridized carbons (Fsp3) is 0.286. The number of likely N-dealkylation sites (tertiary alicyclic amines) is 1. The third-order valence-electron chi connectivity index (χ3n) is 6.48. The SMILES string of the molecule is Cc1cc(C2CCC(C(=O)NCc3ccccc3F)CN2C(=O)NCc2ccccc2)ccc1F. The fourth-order valence-electron chi connectivity index (χ4n) is 4.47. The average Bonchev–Trinajstić information content (AvgIpc) is 2.88. The van der Waals surface area contributed by atoms with Crippen LogP contribution >= 0.6 is 0 Å². The molecule has 0 bridgehead atoms. The largest absolute Gasteiger partial charge is 0.352 e. The van der Waals surface area contributed by atoms with Crippen LogP contribution in [0, 0.1) is 24.5 Å². The van der Waals surface area contributed by atoms with E-state index >= 15 is 0 Å². The summed E-state index contributed by atoms with van der Waals surface area (Å²) in [6, 6.07) is 20.2. The van der Waals surface area contributed by atoms with Crippen molar-refractivity contribution in [1.82, 2.24) is 15.5 Å². The van der Waals surface area contributed by atoms with Crippen LogP contribution in [-0.4, -0.2) is 23.4 Å². The molecule has 0 aliphatic carbocycles. The van der Waals surface area contributed by atoms with Gasteiger partial charge in [-0.05, 0) is 48.6 Å². The van der Waals surface area contributed by atoms with E-state index in [4.69, 9.17) is 0 Å². The monoisotopic (exact) mass is 477 g/mol. The summed E-state index contributed by atoms with van der Waals surface area (Å²) < 4.78 is 27.8. The van der Waals surface area contributed by atoms with Gasteiger partial charge in [0.1, 0.15) is 11.6 Å². The molecule has 5 nitrogen and oxygen atoms in total. The van der Waals surface area contributed by atoms with Crippen molar-refractivity contribution in [2.45, 2.75) is 38.9 Å². The van der Waals surface area contributed by atoms with Crippen LogP contribution in [0.2, 0.25) is 0 Å². The van der Waals surface area contributed by atoms with Gasteiger partial charge in [0.05, 0.1) is 12.0 Å². The van der Waals surface area contributed by atoms with Gasteiger partial charge in [0.15, 0.2) is 0 Å². The number of benzene rings is 3. The number of halogens is 2. The lowest BCUT2D eigenvalue weighted by molar-refractivity contribution is -0.127. The quantitative estimate of drug-likeness (QED) is 0.509. The Bertz CT molecular complexity index is 1190. The van der Waals surface area contributed by atoms with Crippen molar-refractivity contribution in [2.75, 3.05) is 6.54 Å². The summed E-state index contributed by atoms with van der Waals surface area (Å²) in [5.74, 6) is -1.31. The Labute approximate surface area is 204 Å². The van der Waals surface area contributed by atoms with E-state index in [1.165, 1.54) is 12.1 Å². The van der Waals surface area contributed by atoms with Crippen LogP contribution in [0.3, 0.4) is 0 Å². The fourth-order valence-corrected chi connectivity index (χ4v) is 4.47. The summed E-state index contributed by atoms with van der Waals surface area (Å²) in [6.07, 6.45) is 1.12. The number of urea groups is 1. The van der Waals surface area contributed by atoms with E-state index in [0.29, 0.717) is 30.5 Å². The third-order valence-corrected chi connectivity index (χ3v) is 6.48. The molecule has 1 aliphatic rings. The van der Waals surface area contributed by atoms with Gasteiger partial charge >= 0.3 is 6.03 Å². The van der Waals surface area contributed by atoms with Crippen molar-refractivity contribution in [1.29, 1.82) is 0 Å². The van der Waals surface area contributed by atoms with Gasteiger partial charge < -0.3 is 15.5 Å². The van der Waals surface area contributed by atoms with E-state index in [-0.39, 0.29) is 42.7 Å². The molecule has 2 atom stereocenters. The number of piperidine rings is 1. The third kappa shape index (κ3) is 6.04. The molecule has 0 spiro atoms. The van der Waals surface area contributed by atoms with Gasteiger partial charge in [-0.15, -0.1) is 0 Å². The minimum absolute atomic E-state index is 0.0861. The summed E-state index contributed by atoms with van der Waals surface area (Å²) in [7, 11) is 0. The van der Waals surface area contributed by atoms with E-state index in [1.54, 1.807) is 42.2 Å². The molecule has 1 heterocycles. The predicted molar refractivity (Wildman–Crippen MR) is 130 cm³/mol. The maximum Gasteiger partial charge on any atom is 0.318 e. The molecule has 1 aliphatic heterocycles. The van der Waals surface area contributed by atoms with Crippen molar-refractivity contribution in [2.24, 2.45) is 5.92 Å². The molecule has 3 amide bonds. The lowest BCUT2D eigenvalue weighted by Crippen LogP contribution is -2.50. The molecule has 0 radical (unpaired) electrons. The molecule has 3 aromatic carbocycles. The Balaban J connectivity index is 1.48. The Morgan fingerprint density at radius 3 is 2.37 bits per heavy atom. The summed E-state index contributed by atoms with van der Waals surface area (Å²) in [5, 5.41) is 5.76. The standard InChI is InChI=1S/C28H29F2N3O2/c1-19-15-21(11-13-24(19)29)26-14-12-23(27(34)31-17-22-9-5-6-10-25(22)30)18-33(26)28(35)32-16-20-7-3-2-4-8-20/h2-11,13,15,23,26H,12,14,16-18H2,1H3,(H,31,34)(H,32,35). The molecule has 182 valence electrons. The molecule has 1 fully saturated rings. The molecule has 0 saturated carbocycles. The zero-order chi connectivity index (χ0) is 24.8. The maximum atomic E-state index is 13.9. The average molecular weight is 478 g/mol. The first-order valence-corrected chi connectivity index (χ1v) is 11.8.